The normalized spacial score (nSPS) is 32.6. The van der Waals surface area contributed by atoms with Crippen molar-refractivity contribution in [1.29, 1.82) is 0 Å². The number of hydrogen-bond acceptors (Lipinski definition) is 1. The van der Waals surface area contributed by atoms with Gasteiger partial charge in [-0.05, 0) is 19.8 Å². The quantitative estimate of drug-likeness (QED) is 0.504. The van der Waals surface area contributed by atoms with Crippen molar-refractivity contribution in [2.24, 2.45) is 5.92 Å². The van der Waals surface area contributed by atoms with E-state index < -0.39 is 0 Å². The van der Waals surface area contributed by atoms with E-state index in [1.807, 2.05) is 6.92 Å². The molecule has 0 aromatic rings. The van der Waals surface area contributed by atoms with Crippen LogP contribution in [0.4, 0.5) is 0 Å². The third-order valence-electron chi connectivity index (χ3n) is 2.06. The molecule has 0 aromatic heterocycles. The Morgan fingerprint density at radius 2 is 2.00 bits per heavy atom. The molecule has 1 rings (SSSR count). The Morgan fingerprint density at radius 1 is 1.30 bits per heavy atom. The molecule has 0 aliphatic heterocycles. The van der Waals surface area contributed by atoms with Crippen LogP contribution in [0.15, 0.2) is 0 Å². The number of rotatable bonds is 0. The fraction of sp³-hybridized carbons (Fsp3) is 0.778. The molecular weight excluding hydrogens is 124 g/mol. The molecule has 1 nitrogen and oxygen atoms in total. The summed E-state index contributed by atoms with van der Waals surface area (Å²) in [6, 6.07) is 0. The first-order valence-corrected chi connectivity index (χ1v) is 3.95. The van der Waals surface area contributed by atoms with Crippen molar-refractivity contribution in [2.45, 2.75) is 38.7 Å². The van der Waals surface area contributed by atoms with E-state index in [4.69, 9.17) is 0 Å². The highest BCUT2D eigenvalue weighted by atomic mass is 16.3. The first kappa shape index (κ1) is 7.63. The van der Waals surface area contributed by atoms with Gasteiger partial charge in [0, 0.05) is 5.92 Å². The van der Waals surface area contributed by atoms with E-state index in [-0.39, 0.29) is 12.0 Å². The van der Waals surface area contributed by atoms with E-state index in [2.05, 4.69) is 11.8 Å². The van der Waals surface area contributed by atoms with Crippen LogP contribution in [0.25, 0.3) is 0 Å². The Morgan fingerprint density at radius 3 is 2.60 bits per heavy atom. The molecule has 1 heteroatoms. The Hall–Kier alpha value is -0.480. The molecule has 0 bridgehead atoms. The van der Waals surface area contributed by atoms with Gasteiger partial charge in [-0.1, -0.05) is 18.8 Å². The highest BCUT2D eigenvalue weighted by molar-refractivity contribution is 5.04. The SMILES string of the molecule is CC#CC1CCCCC1O. The van der Waals surface area contributed by atoms with Crippen molar-refractivity contribution in [3.63, 3.8) is 0 Å². The van der Waals surface area contributed by atoms with Crippen LogP contribution in [-0.2, 0) is 0 Å². The summed E-state index contributed by atoms with van der Waals surface area (Å²) in [6.07, 6.45) is 4.28. The first-order chi connectivity index (χ1) is 4.84. The van der Waals surface area contributed by atoms with Crippen LogP contribution in [0.1, 0.15) is 32.6 Å². The summed E-state index contributed by atoms with van der Waals surface area (Å²) < 4.78 is 0. The molecule has 1 fully saturated rings. The van der Waals surface area contributed by atoms with Gasteiger partial charge in [0.25, 0.3) is 0 Å². The lowest BCUT2D eigenvalue weighted by Crippen LogP contribution is -2.22. The summed E-state index contributed by atoms with van der Waals surface area (Å²) in [4.78, 5) is 0. The second-order valence-electron chi connectivity index (χ2n) is 2.85. The third kappa shape index (κ3) is 1.75. The van der Waals surface area contributed by atoms with E-state index in [0.29, 0.717) is 0 Å². The van der Waals surface area contributed by atoms with Crippen molar-refractivity contribution >= 4 is 0 Å². The van der Waals surface area contributed by atoms with Crippen LogP contribution in [0.2, 0.25) is 0 Å². The van der Waals surface area contributed by atoms with Crippen molar-refractivity contribution in [3.8, 4) is 11.8 Å². The lowest BCUT2D eigenvalue weighted by atomic mass is 9.87. The van der Waals surface area contributed by atoms with Crippen molar-refractivity contribution in [1.82, 2.24) is 0 Å². The molecule has 0 saturated heterocycles. The molecule has 1 saturated carbocycles. The van der Waals surface area contributed by atoms with Gasteiger partial charge < -0.3 is 5.11 Å². The zero-order chi connectivity index (χ0) is 7.40. The monoisotopic (exact) mass is 138 g/mol. The van der Waals surface area contributed by atoms with Crippen molar-refractivity contribution in [3.05, 3.63) is 0 Å². The first-order valence-electron chi connectivity index (χ1n) is 3.95. The lowest BCUT2D eigenvalue weighted by Gasteiger charge is -2.22. The van der Waals surface area contributed by atoms with E-state index in [1.165, 1.54) is 12.8 Å². The van der Waals surface area contributed by atoms with E-state index >= 15 is 0 Å². The van der Waals surface area contributed by atoms with Crippen LogP contribution in [-0.4, -0.2) is 11.2 Å². The maximum atomic E-state index is 9.40. The van der Waals surface area contributed by atoms with Gasteiger partial charge >= 0.3 is 0 Å². The predicted octanol–water partition coefficient (Wildman–Crippen LogP) is 1.56. The lowest BCUT2D eigenvalue weighted by molar-refractivity contribution is 0.0970. The highest BCUT2D eigenvalue weighted by Gasteiger charge is 2.20. The molecule has 0 radical (unpaired) electrons. The molecule has 0 aromatic carbocycles. The molecule has 10 heavy (non-hydrogen) atoms. The van der Waals surface area contributed by atoms with Crippen LogP contribution >= 0.6 is 0 Å². The largest absolute Gasteiger partial charge is 0.392 e. The fourth-order valence-electron chi connectivity index (χ4n) is 1.47. The molecule has 0 heterocycles. The summed E-state index contributed by atoms with van der Waals surface area (Å²) in [5.74, 6) is 6.15. The maximum Gasteiger partial charge on any atom is 0.0677 e. The van der Waals surface area contributed by atoms with Gasteiger partial charge in [0.05, 0.1) is 6.10 Å². The second-order valence-corrected chi connectivity index (χ2v) is 2.85. The summed E-state index contributed by atoms with van der Waals surface area (Å²) in [6.45, 7) is 1.83. The van der Waals surface area contributed by atoms with Crippen LogP contribution < -0.4 is 0 Å². The van der Waals surface area contributed by atoms with Gasteiger partial charge in [-0.2, -0.15) is 0 Å². The van der Waals surface area contributed by atoms with Gasteiger partial charge in [0.1, 0.15) is 0 Å². The average molecular weight is 138 g/mol. The fourth-order valence-corrected chi connectivity index (χ4v) is 1.47. The molecule has 1 N–H and O–H groups in total. The van der Waals surface area contributed by atoms with E-state index in [9.17, 15) is 5.11 Å². The Balaban J connectivity index is 2.45. The molecule has 2 atom stereocenters. The number of aliphatic hydroxyl groups excluding tert-OH is 1. The minimum Gasteiger partial charge on any atom is -0.392 e. The average Bonchev–Trinajstić information content (AvgIpc) is 1.94. The minimum atomic E-state index is -0.152. The van der Waals surface area contributed by atoms with Crippen LogP contribution in [0.5, 0.6) is 0 Å². The molecular formula is C9H14O. The summed E-state index contributed by atoms with van der Waals surface area (Å²) >= 11 is 0. The minimum absolute atomic E-state index is 0.152. The Kier molecular flexibility index (Phi) is 2.77. The topological polar surface area (TPSA) is 20.2 Å². The summed E-state index contributed by atoms with van der Waals surface area (Å²) in [7, 11) is 0. The second kappa shape index (κ2) is 3.63. The molecule has 0 amide bonds. The summed E-state index contributed by atoms with van der Waals surface area (Å²) in [5, 5.41) is 9.40. The maximum absolute atomic E-state index is 9.40. The molecule has 2 unspecified atom stereocenters. The highest BCUT2D eigenvalue weighted by Crippen LogP contribution is 2.23. The Bertz CT molecular complexity index is 152. The zero-order valence-corrected chi connectivity index (χ0v) is 6.43. The van der Waals surface area contributed by atoms with Gasteiger partial charge in [-0.25, -0.2) is 0 Å². The van der Waals surface area contributed by atoms with E-state index in [0.717, 1.165) is 12.8 Å². The van der Waals surface area contributed by atoms with Gasteiger partial charge in [-0.15, -0.1) is 5.92 Å². The van der Waals surface area contributed by atoms with Crippen LogP contribution in [0, 0.1) is 17.8 Å². The van der Waals surface area contributed by atoms with Gasteiger partial charge in [0.2, 0.25) is 0 Å². The van der Waals surface area contributed by atoms with Crippen molar-refractivity contribution < 1.29 is 5.11 Å². The van der Waals surface area contributed by atoms with Crippen LogP contribution in [0.3, 0.4) is 0 Å². The van der Waals surface area contributed by atoms with Gasteiger partial charge in [-0.3, -0.25) is 0 Å². The molecule has 56 valence electrons. The van der Waals surface area contributed by atoms with Crippen molar-refractivity contribution in [2.75, 3.05) is 0 Å². The molecule has 1 aliphatic rings. The summed E-state index contributed by atoms with van der Waals surface area (Å²) in [5.41, 5.74) is 0. The zero-order valence-electron chi connectivity index (χ0n) is 6.43. The smallest absolute Gasteiger partial charge is 0.0677 e. The molecule has 0 spiro atoms. The standard InChI is InChI=1S/C9H14O/c1-2-5-8-6-3-4-7-9(8)10/h8-10H,3-4,6-7H2,1H3. The Labute approximate surface area is 62.4 Å². The van der Waals surface area contributed by atoms with Gasteiger partial charge in [0.15, 0.2) is 0 Å². The molecule has 1 aliphatic carbocycles. The van der Waals surface area contributed by atoms with E-state index in [1.54, 1.807) is 0 Å². The predicted molar refractivity (Wildman–Crippen MR) is 41.4 cm³/mol. The number of hydrogen-bond donors (Lipinski definition) is 1. The number of aliphatic hydroxyl groups is 1. The third-order valence-corrected chi connectivity index (χ3v) is 2.06.